The largest absolute Gasteiger partial charge is 0.384 e. The molecule has 0 unspecified atom stereocenters. The number of hydrogen-bond donors (Lipinski definition) is 3. The Morgan fingerprint density at radius 1 is 1.21 bits per heavy atom. The number of rotatable bonds is 6. The van der Waals surface area contributed by atoms with E-state index in [0.29, 0.717) is 45.5 Å². The number of anilines is 3. The van der Waals surface area contributed by atoms with Crippen LogP contribution in [-0.2, 0) is 0 Å². The van der Waals surface area contributed by atoms with Gasteiger partial charge in [0.05, 0.1) is 33.9 Å². The fourth-order valence-corrected chi connectivity index (χ4v) is 4.00. The monoisotopic (exact) mass is 475 g/mol. The number of nitrogen functional groups attached to an aromatic ring is 2. The molecule has 11 heteroatoms. The lowest BCUT2D eigenvalue weighted by atomic mass is 10.1. The molecule has 3 aromatic heterocycles. The van der Waals surface area contributed by atoms with E-state index in [1.54, 1.807) is 37.3 Å². The van der Waals surface area contributed by atoms with Crippen molar-refractivity contribution in [2.24, 2.45) is 0 Å². The zero-order chi connectivity index (χ0) is 24.4. The van der Waals surface area contributed by atoms with Crippen molar-refractivity contribution in [2.75, 3.05) is 16.8 Å². The third-order valence-corrected chi connectivity index (χ3v) is 5.58. The van der Waals surface area contributed by atoms with Crippen LogP contribution in [0.4, 0.5) is 17.5 Å². The lowest BCUT2D eigenvalue weighted by molar-refractivity contribution is 0.614. The van der Waals surface area contributed by atoms with E-state index in [9.17, 15) is 10.1 Å². The molecule has 0 saturated heterocycles. The van der Waals surface area contributed by atoms with E-state index in [0.717, 1.165) is 6.42 Å². The SMILES string of the molecule is CCC[C@H](Nc1nc(C)nc(N)c1C#N)c1nc2cccc(Cl)c2c(=O)n1-c1ccc(N)nc1. The lowest BCUT2D eigenvalue weighted by Gasteiger charge is -2.23. The van der Waals surface area contributed by atoms with Gasteiger partial charge in [-0.15, -0.1) is 0 Å². The minimum absolute atomic E-state index is 0.0751. The van der Waals surface area contributed by atoms with Crippen LogP contribution in [0.15, 0.2) is 41.3 Å². The van der Waals surface area contributed by atoms with Gasteiger partial charge in [-0.05, 0) is 37.6 Å². The zero-order valence-electron chi connectivity index (χ0n) is 18.6. The third kappa shape index (κ3) is 4.21. The minimum atomic E-state index is -0.501. The van der Waals surface area contributed by atoms with Gasteiger partial charge in [0.25, 0.3) is 5.56 Å². The van der Waals surface area contributed by atoms with Crippen molar-refractivity contribution in [3.63, 3.8) is 0 Å². The molecule has 172 valence electrons. The molecule has 0 radical (unpaired) electrons. The number of nitrogens with two attached hydrogens (primary N) is 2. The zero-order valence-corrected chi connectivity index (χ0v) is 19.3. The van der Waals surface area contributed by atoms with Crippen molar-refractivity contribution < 1.29 is 0 Å². The molecule has 34 heavy (non-hydrogen) atoms. The van der Waals surface area contributed by atoms with Crippen LogP contribution in [0, 0.1) is 18.3 Å². The normalized spacial score (nSPS) is 11.8. The molecular weight excluding hydrogens is 454 g/mol. The lowest BCUT2D eigenvalue weighted by Crippen LogP contribution is -2.29. The summed E-state index contributed by atoms with van der Waals surface area (Å²) in [7, 11) is 0. The maximum absolute atomic E-state index is 13.7. The molecule has 10 nitrogen and oxygen atoms in total. The Morgan fingerprint density at radius 2 is 2.00 bits per heavy atom. The molecule has 0 aliphatic rings. The number of nitrogens with zero attached hydrogens (tertiary/aromatic N) is 6. The number of aryl methyl sites for hydroxylation is 1. The van der Waals surface area contributed by atoms with Crippen LogP contribution in [0.3, 0.4) is 0 Å². The van der Waals surface area contributed by atoms with Crippen molar-refractivity contribution in [3.8, 4) is 11.8 Å². The predicted molar refractivity (Wildman–Crippen MR) is 132 cm³/mol. The maximum Gasteiger partial charge on any atom is 0.267 e. The van der Waals surface area contributed by atoms with Gasteiger partial charge in [-0.3, -0.25) is 9.36 Å². The highest BCUT2D eigenvalue weighted by molar-refractivity contribution is 6.35. The van der Waals surface area contributed by atoms with Gasteiger partial charge in [0.15, 0.2) is 5.82 Å². The molecule has 0 aliphatic heterocycles. The van der Waals surface area contributed by atoms with E-state index in [2.05, 4.69) is 20.3 Å². The quantitative estimate of drug-likeness (QED) is 0.378. The number of pyridine rings is 1. The van der Waals surface area contributed by atoms with Crippen LogP contribution >= 0.6 is 11.6 Å². The molecule has 0 aliphatic carbocycles. The minimum Gasteiger partial charge on any atom is -0.384 e. The summed E-state index contributed by atoms with van der Waals surface area (Å²) < 4.78 is 1.46. The molecule has 0 spiro atoms. The first-order chi connectivity index (χ1) is 16.3. The van der Waals surface area contributed by atoms with E-state index in [4.69, 9.17) is 28.1 Å². The highest BCUT2D eigenvalue weighted by atomic mass is 35.5. The van der Waals surface area contributed by atoms with Gasteiger partial charge >= 0.3 is 0 Å². The van der Waals surface area contributed by atoms with Crippen molar-refractivity contribution >= 4 is 40.0 Å². The first kappa shape index (κ1) is 22.9. The Balaban J connectivity index is 1.99. The number of hydrogen-bond acceptors (Lipinski definition) is 9. The van der Waals surface area contributed by atoms with Crippen molar-refractivity contribution in [2.45, 2.75) is 32.7 Å². The van der Waals surface area contributed by atoms with Crippen LogP contribution < -0.4 is 22.3 Å². The van der Waals surface area contributed by atoms with E-state index >= 15 is 0 Å². The van der Waals surface area contributed by atoms with E-state index in [1.165, 1.54) is 10.8 Å². The van der Waals surface area contributed by atoms with Gasteiger partial charge in [0.2, 0.25) is 0 Å². The summed E-state index contributed by atoms with van der Waals surface area (Å²) in [4.78, 5) is 31.1. The van der Waals surface area contributed by atoms with Gasteiger partial charge in [-0.25, -0.2) is 19.9 Å². The second-order valence-electron chi connectivity index (χ2n) is 7.66. The van der Waals surface area contributed by atoms with Crippen molar-refractivity contribution in [3.05, 3.63) is 69.1 Å². The average molecular weight is 476 g/mol. The third-order valence-electron chi connectivity index (χ3n) is 5.26. The van der Waals surface area contributed by atoms with Gasteiger partial charge in [0, 0.05) is 0 Å². The van der Waals surface area contributed by atoms with Crippen LogP contribution in [0.5, 0.6) is 0 Å². The topological polar surface area (TPSA) is 161 Å². The van der Waals surface area contributed by atoms with Gasteiger partial charge in [0.1, 0.15) is 34.9 Å². The number of fused-ring (bicyclic) bond motifs is 1. The number of nitriles is 1. The first-order valence-corrected chi connectivity index (χ1v) is 11.0. The molecule has 3 heterocycles. The maximum atomic E-state index is 13.7. The van der Waals surface area contributed by atoms with E-state index in [1.807, 2.05) is 13.0 Å². The molecule has 0 saturated carbocycles. The van der Waals surface area contributed by atoms with Crippen molar-refractivity contribution in [1.29, 1.82) is 5.26 Å². The second kappa shape index (κ2) is 9.33. The summed E-state index contributed by atoms with van der Waals surface area (Å²) in [6.45, 7) is 3.69. The fourth-order valence-electron chi connectivity index (χ4n) is 3.75. The molecule has 4 rings (SSSR count). The molecule has 4 aromatic rings. The molecular formula is C23H22ClN9O. The molecule has 0 amide bonds. The smallest absolute Gasteiger partial charge is 0.267 e. The number of aromatic nitrogens is 5. The molecule has 0 bridgehead atoms. The van der Waals surface area contributed by atoms with Crippen LogP contribution in [0.25, 0.3) is 16.6 Å². The summed E-state index contributed by atoms with van der Waals surface area (Å²) in [6.07, 6.45) is 2.83. The molecule has 0 fully saturated rings. The summed E-state index contributed by atoms with van der Waals surface area (Å²) in [5, 5.41) is 13.5. The number of nitrogens with one attached hydrogen (secondary N) is 1. The standard InChI is InChI=1S/C23H22ClN9O/c1-3-5-17(31-21-14(10-25)20(27)29-12(2)30-21)22-32-16-7-4-6-15(24)19(16)23(34)33(22)13-8-9-18(26)28-11-13/h4,6-9,11,17H,3,5H2,1-2H3,(H2,26,28)(H3,27,29,30,31)/t17-/m0/s1. The van der Waals surface area contributed by atoms with Crippen molar-refractivity contribution in [1.82, 2.24) is 24.5 Å². The van der Waals surface area contributed by atoms with E-state index < -0.39 is 6.04 Å². The molecule has 1 aromatic carbocycles. The second-order valence-corrected chi connectivity index (χ2v) is 8.07. The Bertz CT molecular complexity index is 1480. The Labute approximate surface area is 200 Å². The fraction of sp³-hybridized carbons (Fsp3) is 0.217. The highest BCUT2D eigenvalue weighted by Gasteiger charge is 2.24. The van der Waals surface area contributed by atoms with Gasteiger partial charge < -0.3 is 16.8 Å². The van der Waals surface area contributed by atoms with Crippen LogP contribution in [-0.4, -0.2) is 24.5 Å². The van der Waals surface area contributed by atoms with Crippen LogP contribution in [0.1, 0.15) is 43.0 Å². The van der Waals surface area contributed by atoms with Crippen LogP contribution in [0.2, 0.25) is 5.02 Å². The Hall–Kier alpha value is -4.23. The summed E-state index contributed by atoms with van der Waals surface area (Å²) in [5.41, 5.74) is 12.4. The Morgan fingerprint density at radius 3 is 2.68 bits per heavy atom. The molecule has 5 N–H and O–H groups in total. The summed E-state index contributed by atoms with van der Waals surface area (Å²) in [5.74, 6) is 1.48. The highest BCUT2D eigenvalue weighted by Crippen LogP contribution is 2.29. The first-order valence-electron chi connectivity index (χ1n) is 10.6. The summed E-state index contributed by atoms with van der Waals surface area (Å²) >= 11 is 6.37. The van der Waals surface area contributed by atoms with Gasteiger partial charge in [-0.1, -0.05) is 31.0 Å². The summed E-state index contributed by atoms with van der Waals surface area (Å²) in [6, 6.07) is 9.95. The van der Waals surface area contributed by atoms with E-state index in [-0.39, 0.29) is 22.8 Å². The van der Waals surface area contributed by atoms with Gasteiger partial charge in [-0.2, -0.15) is 5.26 Å². The number of halogens is 1. The number of benzene rings is 1. The average Bonchev–Trinajstić information content (AvgIpc) is 2.79. The Kier molecular flexibility index (Phi) is 6.30. The predicted octanol–water partition coefficient (Wildman–Crippen LogP) is 3.52. The molecule has 1 atom stereocenters.